The van der Waals surface area contributed by atoms with E-state index in [2.05, 4.69) is 12.1 Å². The highest BCUT2D eigenvalue weighted by Crippen LogP contribution is 2.31. The van der Waals surface area contributed by atoms with Crippen LogP contribution in [0, 0.1) is 11.6 Å². The second-order valence-corrected chi connectivity index (χ2v) is 5.79. The average molecular weight is 293 g/mol. The number of benzene rings is 2. The van der Waals surface area contributed by atoms with Crippen molar-refractivity contribution < 1.29 is 8.78 Å². The van der Waals surface area contributed by atoms with E-state index in [1.165, 1.54) is 23.6 Å². The lowest BCUT2D eigenvalue weighted by molar-refractivity contribution is 0.498. The molecule has 1 atom stereocenters. The van der Waals surface area contributed by atoms with E-state index in [1.807, 2.05) is 6.07 Å². The van der Waals surface area contributed by atoms with Gasteiger partial charge in [-0.25, -0.2) is 8.78 Å². The van der Waals surface area contributed by atoms with E-state index >= 15 is 0 Å². The first-order chi connectivity index (χ1) is 9.65. The molecule has 0 nitrogen and oxygen atoms in total. The molecule has 1 unspecified atom stereocenters. The number of rotatable bonds is 3. The molecule has 0 aliphatic heterocycles. The molecule has 0 amide bonds. The maximum atomic E-state index is 13.7. The van der Waals surface area contributed by atoms with Gasteiger partial charge in [-0.15, -0.1) is 11.6 Å². The van der Waals surface area contributed by atoms with Crippen LogP contribution in [0.3, 0.4) is 0 Å². The Morgan fingerprint density at radius 2 is 1.85 bits per heavy atom. The zero-order valence-corrected chi connectivity index (χ0v) is 11.8. The third-order valence-corrected chi connectivity index (χ3v) is 4.32. The molecule has 0 N–H and O–H groups in total. The Labute approximate surface area is 122 Å². The Hall–Kier alpha value is -1.41. The van der Waals surface area contributed by atoms with Crippen LogP contribution in [0.5, 0.6) is 0 Å². The minimum atomic E-state index is -0.819. The Morgan fingerprint density at radius 1 is 1.05 bits per heavy atom. The van der Waals surface area contributed by atoms with Crippen molar-refractivity contribution >= 4 is 11.6 Å². The molecule has 3 rings (SSSR count). The average Bonchev–Trinajstić information content (AvgIpc) is 2.91. The number of hydrogen-bond acceptors (Lipinski definition) is 0. The molecule has 20 heavy (non-hydrogen) atoms. The zero-order chi connectivity index (χ0) is 14.1. The van der Waals surface area contributed by atoms with E-state index < -0.39 is 11.6 Å². The predicted molar refractivity (Wildman–Crippen MR) is 77.1 cm³/mol. The Morgan fingerprint density at radius 3 is 2.70 bits per heavy atom. The zero-order valence-electron chi connectivity index (χ0n) is 11.0. The monoisotopic (exact) mass is 292 g/mol. The lowest BCUT2D eigenvalue weighted by Crippen LogP contribution is -2.01. The third-order valence-electron chi connectivity index (χ3n) is 3.91. The molecule has 2 aromatic rings. The molecule has 2 aromatic carbocycles. The summed E-state index contributed by atoms with van der Waals surface area (Å²) in [7, 11) is 0. The maximum absolute atomic E-state index is 13.7. The molecule has 0 aromatic heterocycles. The molecule has 1 aliphatic rings. The van der Waals surface area contributed by atoms with Gasteiger partial charge in [-0.3, -0.25) is 0 Å². The summed E-state index contributed by atoms with van der Waals surface area (Å²) in [5.74, 6) is -1.61. The molecular weight excluding hydrogens is 278 g/mol. The fourth-order valence-corrected chi connectivity index (χ4v) is 3.11. The normalized spacial score (nSPS) is 15.2. The van der Waals surface area contributed by atoms with Gasteiger partial charge in [0.2, 0.25) is 0 Å². The van der Waals surface area contributed by atoms with Crippen molar-refractivity contribution in [1.29, 1.82) is 0 Å². The highest BCUT2D eigenvalue weighted by Gasteiger charge is 2.17. The predicted octanol–water partition coefficient (Wildman–Crippen LogP) is 4.98. The van der Waals surface area contributed by atoms with Crippen molar-refractivity contribution in [2.24, 2.45) is 0 Å². The number of halogens is 3. The molecular formula is C17H15ClF2. The number of hydrogen-bond donors (Lipinski definition) is 0. The summed E-state index contributed by atoms with van der Waals surface area (Å²) in [4.78, 5) is 0. The van der Waals surface area contributed by atoms with Gasteiger partial charge in [0, 0.05) is 0 Å². The molecule has 0 fully saturated rings. The van der Waals surface area contributed by atoms with Gasteiger partial charge in [0.15, 0.2) is 11.6 Å². The van der Waals surface area contributed by atoms with Crippen molar-refractivity contribution in [2.75, 3.05) is 0 Å². The van der Waals surface area contributed by atoms with E-state index in [4.69, 9.17) is 11.6 Å². The van der Waals surface area contributed by atoms with Crippen LogP contribution in [0.15, 0.2) is 36.4 Å². The van der Waals surface area contributed by atoms with Crippen LogP contribution in [0.4, 0.5) is 8.78 Å². The second kappa shape index (κ2) is 5.53. The summed E-state index contributed by atoms with van der Waals surface area (Å²) in [6, 6.07) is 10.4. The van der Waals surface area contributed by atoms with Crippen LogP contribution in [-0.4, -0.2) is 0 Å². The topological polar surface area (TPSA) is 0 Å². The quantitative estimate of drug-likeness (QED) is 0.700. The molecule has 0 saturated heterocycles. The molecule has 0 bridgehead atoms. The van der Waals surface area contributed by atoms with Crippen LogP contribution in [0.25, 0.3) is 0 Å². The van der Waals surface area contributed by atoms with Crippen LogP contribution in [0.2, 0.25) is 0 Å². The van der Waals surface area contributed by atoms with Gasteiger partial charge in [0.05, 0.1) is 5.38 Å². The van der Waals surface area contributed by atoms with Gasteiger partial charge in [0.1, 0.15) is 0 Å². The fourth-order valence-electron chi connectivity index (χ4n) is 2.80. The van der Waals surface area contributed by atoms with Gasteiger partial charge in [0.25, 0.3) is 0 Å². The lowest BCUT2D eigenvalue weighted by Gasteiger charge is -2.12. The van der Waals surface area contributed by atoms with Gasteiger partial charge in [-0.1, -0.05) is 30.3 Å². The van der Waals surface area contributed by atoms with Crippen molar-refractivity contribution in [3.05, 3.63) is 70.3 Å². The third kappa shape index (κ3) is 2.57. The molecule has 0 spiro atoms. The molecule has 104 valence electrons. The Kier molecular flexibility index (Phi) is 3.75. The summed E-state index contributed by atoms with van der Waals surface area (Å²) in [5.41, 5.74) is 4.03. The maximum Gasteiger partial charge on any atom is 0.162 e. The summed E-state index contributed by atoms with van der Waals surface area (Å²) < 4.78 is 26.9. The first kappa shape index (κ1) is 13.6. The van der Waals surface area contributed by atoms with Gasteiger partial charge >= 0.3 is 0 Å². The van der Waals surface area contributed by atoms with Gasteiger partial charge < -0.3 is 0 Å². The van der Waals surface area contributed by atoms with Crippen molar-refractivity contribution in [1.82, 2.24) is 0 Å². The van der Waals surface area contributed by atoms with Gasteiger partial charge in [-0.05, 0) is 54.0 Å². The van der Waals surface area contributed by atoms with E-state index in [1.54, 1.807) is 6.07 Å². The first-order valence-corrected chi connectivity index (χ1v) is 7.27. The van der Waals surface area contributed by atoms with Crippen LogP contribution in [0.1, 0.15) is 34.1 Å². The van der Waals surface area contributed by atoms with Crippen molar-refractivity contribution in [3.63, 3.8) is 0 Å². The SMILES string of the molecule is Fc1cccc(CC(Cl)c2ccc3c(c2)CCC3)c1F. The highest BCUT2D eigenvalue weighted by atomic mass is 35.5. The van der Waals surface area contributed by atoms with E-state index in [0.29, 0.717) is 12.0 Å². The molecule has 1 aliphatic carbocycles. The first-order valence-electron chi connectivity index (χ1n) is 6.84. The smallest absolute Gasteiger partial charge is 0.162 e. The number of fused-ring (bicyclic) bond motifs is 1. The Balaban J connectivity index is 1.82. The summed E-state index contributed by atoms with van der Waals surface area (Å²) >= 11 is 6.38. The Bertz CT molecular complexity index is 637. The van der Waals surface area contributed by atoms with Crippen molar-refractivity contribution in [3.8, 4) is 0 Å². The largest absolute Gasteiger partial charge is 0.204 e. The fraction of sp³-hybridized carbons (Fsp3) is 0.294. The minimum absolute atomic E-state index is 0.296. The summed E-state index contributed by atoms with van der Waals surface area (Å²) in [6.45, 7) is 0. The van der Waals surface area contributed by atoms with Crippen LogP contribution < -0.4 is 0 Å². The minimum Gasteiger partial charge on any atom is -0.204 e. The summed E-state index contributed by atoms with van der Waals surface area (Å²) in [5, 5.41) is -0.336. The lowest BCUT2D eigenvalue weighted by atomic mass is 10.00. The van der Waals surface area contributed by atoms with Gasteiger partial charge in [-0.2, -0.15) is 0 Å². The highest BCUT2D eigenvalue weighted by molar-refractivity contribution is 6.20. The molecule has 3 heteroatoms. The number of aryl methyl sites for hydroxylation is 2. The standard InChI is InChI=1S/C17H15ClF2/c18-15(10-14-5-2-6-16(19)17(14)20)13-8-7-11-3-1-4-12(11)9-13/h2,5-9,15H,1,3-4,10H2. The van der Waals surface area contributed by atoms with Crippen LogP contribution in [-0.2, 0) is 19.3 Å². The summed E-state index contributed by atoms with van der Waals surface area (Å²) in [6.07, 6.45) is 3.69. The second-order valence-electron chi connectivity index (χ2n) is 5.27. The van der Waals surface area contributed by atoms with E-state index in [0.717, 1.165) is 24.5 Å². The molecule has 0 saturated carbocycles. The number of alkyl halides is 1. The van der Waals surface area contributed by atoms with Crippen LogP contribution >= 0.6 is 11.6 Å². The molecule has 0 heterocycles. The van der Waals surface area contributed by atoms with E-state index in [9.17, 15) is 8.78 Å². The molecule has 0 radical (unpaired) electrons. The van der Waals surface area contributed by atoms with Crippen molar-refractivity contribution in [2.45, 2.75) is 31.1 Å². The van der Waals surface area contributed by atoms with E-state index in [-0.39, 0.29) is 5.38 Å².